The topological polar surface area (TPSA) is 3.24 Å². The summed E-state index contributed by atoms with van der Waals surface area (Å²) in [5, 5.41) is 0. The van der Waals surface area contributed by atoms with Crippen molar-refractivity contribution in [1.82, 2.24) is 0 Å². The lowest BCUT2D eigenvalue weighted by Crippen LogP contribution is -2.28. The number of nitrogens with zero attached hydrogens (tertiary/aromatic N) is 1. The van der Waals surface area contributed by atoms with Crippen molar-refractivity contribution in [2.75, 3.05) is 4.90 Å². The largest absolute Gasteiger partial charge is 0.309 e. The average Bonchev–Trinajstić information content (AvgIpc) is 3.81. The van der Waals surface area contributed by atoms with Gasteiger partial charge in [0, 0.05) is 22.2 Å². The molecule has 12 rings (SSSR count). The van der Waals surface area contributed by atoms with E-state index >= 15 is 0 Å². The van der Waals surface area contributed by atoms with E-state index in [1.807, 2.05) is 0 Å². The number of fused-ring (bicyclic) bond motifs is 6. The lowest BCUT2D eigenvalue weighted by Gasteiger charge is -2.34. The number of hydrogen-bond donors (Lipinski definition) is 0. The molecule has 10 aromatic carbocycles. The molecule has 0 spiro atoms. The minimum absolute atomic E-state index is 0.0705. The summed E-state index contributed by atoms with van der Waals surface area (Å²) in [4.78, 5) is 2.51. The molecule has 2 aliphatic carbocycles. The molecule has 2 aliphatic rings. The second-order valence-corrected chi connectivity index (χ2v) is 18.0. The molecule has 0 bridgehead atoms. The van der Waals surface area contributed by atoms with Gasteiger partial charge in [-0.05, 0) is 114 Å². The molecule has 0 aliphatic heterocycles. The van der Waals surface area contributed by atoms with Crippen LogP contribution in [-0.4, -0.2) is 0 Å². The fraction of sp³-hybridized carbons (Fsp3) is 0.0625. The highest BCUT2D eigenvalue weighted by Crippen LogP contribution is 2.60. The minimum Gasteiger partial charge on any atom is -0.309 e. The zero-order valence-corrected chi connectivity index (χ0v) is 36.6. The van der Waals surface area contributed by atoms with Crippen LogP contribution in [0.5, 0.6) is 0 Å². The quantitative estimate of drug-likeness (QED) is 0.147. The summed E-state index contributed by atoms with van der Waals surface area (Å²) in [7, 11) is 0. The van der Waals surface area contributed by atoms with Crippen LogP contribution in [0.3, 0.4) is 0 Å². The zero-order chi connectivity index (χ0) is 43.5. The van der Waals surface area contributed by atoms with Crippen LogP contribution >= 0.6 is 0 Å². The van der Waals surface area contributed by atoms with Gasteiger partial charge in [-0.15, -0.1) is 0 Å². The molecule has 0 atom stereocenters. The Balaban J connectivity index is 1.08. The summed E-state index contributed by atoms with van der Waals surface area (Å²) in [5.41, 5.74) is 22.9. The maximum atomic E-state index is 2.51. The number of para-hydroxylation sites is 1. The van der Waals surface area contributed by atoms with Crippen molar-refractivity contribution in [2.24, 2.45) is 0 Å². The standard InChI is InChI=1S/C64H47N/c1-63(2)56-31-15-12-29-53(56)54-41-38-47(43-59(54)63)45-36-39-51(40-37-45)65(60-34-17-14-28-52(60)48-23-18-22-46(42-48)44-20-6-3-7-21-44)61-35-19-33-58-62(61)55-30-13-16-32-57(55)64(58,49-24-8-4-9-25-49)50-26-10-5-11-27-50/h3-43H,1-2H3. The van der Waals surface area contributed by atoms with Crippen molar-refractivity contribution in [3.63, 3.8) is 0 Å². The van der Waals surface area contributed by atoms with Crippen molar-refractivity contribution in [2.45, 2.75) is 24.7 Å². The minimum atomic E-state index is -0.523. The van der Waals surface area contributed by atoms with Gasteiger partial charge in [0.05, 0.1) is 16.8 Å². The maximum Gasteiger partial charge on any atom is 0.0714 e. The first kappa shape index (κ1) is 38.7. The molecule has 0 N–H and O–H groups in total. The van der Waals surface area contributed by atoms with E-state index in [-0.39, 0.29) is 5.41 Å². The van der Waals surface area contributed by atoms with Crippen molar-refractivity contribution in [3.05, 3.63) is 282 Å². The molecule has 308 valence electrons. The van der Waals surface area contributed by atoms with E-state index in [0.29, 0.717) is 0 Å². The van der Waals surface area contributed by atoms with Gasteiger partial charge in [0.25, 0.3) is 0 Å². The first-order valence-electron chi connectivity index (χ1n) is 22.8. The van der Waals surface area contributed by atoms with E-state index in [1.54, 1.807) is 0 Å². The van der Waals surface area contributed by atoms with Crippen LogP contribution in [0.4, 0.5) is 17.1 Å². The molecular weight excluding hydrogens is 783 g/mol. The summed E-state index contributed by atoms with van der Waals surface area (Å²) in [6.07, 6.45) is 0. The first-order valence-corrected chi connectivity index (χ1v) is 22.8. The van der Waals surface area contributed by atoms with Crippen LogP contribution in [0.25, 0.3) is 55.6 Å². The van der Waals surface area contributed by atoms with E-state index in [1.165, 1.54) is 83.5 Å². The number of benzene rings is 10. The second kappa shape index (κ2) is 15.4. The number of hydrogen-bond acceptors (Lipinski definition) is 1. The van der Waals surface area contributed by atoms with Crippen LogP contribution in [0.15, 0.2) is 249 Å². The van der Waals surface area contributed by atoms with Gasteiger partial charge < -0.3 is 4.90 Å². The predicted molar refractivity (Wildman–Crippen MR) is 272 cm³/mol. The van der Waals surface area contributed by atoms with Crippen molar-refractivity contribution in [3.8, 4) is 55.6 Å². The van der Waals surface area contributed by atoms with Crippen LogP contribution in [-0.2, 0) is 10.8 Å². The van der Waals surface area contributed by atoms with Crippen molar-refractivity contribution < 1.29 is 0 Å². The van der Waals surface area contributed by atoms with Crippen LogP contribution in [0.2, 0.25) is 0 Å². The Morgan fingerprint density at radius 2 is 0.769 bits per heavy atom. The van der Waals surface area contributed by atoms with Crippen LogP contribution in [0, 0.1) is 0 Å². The highest BCUT2D eigenvalue weighted by atomic mass is 15.1. The zero-order valence-electron chi connectivity index (χ0n) is 36.6. The van der Waals surface area contributed by atoms with Gasteiger partial charge in [0.2, 0.25) is 0 Å². The highest BCUT2D eigenvalue weighted by Gasteiger charge is 2.47. The highest BCUT2D eigenvalue weighted by molar-refractivity contribution is 6.00. The molecule has 0 saturated heterocycles. The Morgan fingerprint density at radius 1 is 0.292 bits per heavy atom. The first-order chi connectivity index (χ1) is 32.0. The van der Waals surface area contributed by atoms with E-state index in [9.17, 15) is 0 Å². The van der Waals surface area contributed by atoms with Crippen LogP contribution < -0.4 is 4.90 Å². The summed E-state index contributed by atoms with van der Waals surface area (Å²) in [6.45, 7) is 4.71. The molecule has 0 heterocycles. The molecule has 0 aromatic heterocycles. The molecule has 0 radical (unpaired) electrons. The van der Waals surface area contributed by atoms with Gasteiger partial charge in [-0.1, -0.05) is 226 Å². The summed E-state index contributed by atoms with van der Waals surface area (Å²) >= 11 is 0. The van der Waals surface area contributed by atoms with E-state index in [2.05, 4.69) is 267 Å². The maximum absolute atomic E-state index is 2.51. The Bertz CT molecular complexity index is 3340. The third kappa shape index (κ3) is 6.07. The smallest absolute Gasteiger partial charge is 0.0714 e. The van der Waals surface area contributed by atoms with E-state index in [0.717, 1.165) is 22.6 Å². The van der Waals surface area contributed by atoms with Gasteiger partial charge in [-0.2, -0.15) is 0 Å². The Labute approximate surface area is 382 Å². The fourth-order valence-corrected chi connectivity index (χ4v) is 11.2. The molecule has 65 heavy (non-hydrogen) atoms. The Hall–Kier alpha value is -8.00. The molecule has 0 saturated carbocycles. The average molecular weight is 830 g/mol. The van der Waals surface area contributed by atoms with Crippen LogP contribution in [0.1, 0.15) is 47.2 Å². The summed E-state index contributed by atoms with van der Waals surface area (Å²) < 4.78 is 0. The molecular formula is C64H47N. The molecule has 0 unspecified atom stereocenters. The number of rotatable bonds is 8. The lowest BCUT2D eigenvalue weighted by molar-refractivity contribution is 0.660. The molecule has 1 nitrogen and oxygen atoms in total. The van der Waals surface area contributed by atoms with Gasteiger partial charge >= 0.3 is 0 Å². The Kier molecular flexibility index (Phi) is 9.14. The number of anilines is 3. The third-order valence-corrected chi connectivity index (χ3v) is 14.2. The van der Waals surface area contributed by atoms with Crippen molar-refractivity contribution in [1.29, 1.82) is 0 Å². The normalized spacial score (nSPS) is 13.6. The summed E-state index contributed by atoms with van der Waals surface area (Å²) in [5.74, 6) is 0. The monoisotopic (exact) mass is 829 g/mol. The fourth-order valence-electron chi connectivity index (χ4n) is 11.2. The Morgan fingerprint density at radius 3 is 1.49 bits per heavy atom. The lowest BCUT2D eigenvalue weighted by atomic mass is 9.68. The molecule has 1 heteroatoms. The molecule has 10 aromatic rings. The SMILES string of the molecule is CC1(C)c2ccccc2-c2ccc(-c3ccc(N(c4ccccc4-c4cccc(-c5ccccc5)c4)c4cccc5c4-c4ccccc4C5(c4ccccc4)c4ccccc4)cc3)cc21. The van der Waals surface area contributed by atoms with E-state index < -0.39 is 5.41 Å². The molecule has 0 amide bonds. The van der Waals surface area contributed by atoms with Gasteiger partial charge in [-0.25, -0.2) is 0 Å². The predicted octanol–water partition coefficient (Wildman–Crippen LogP) is 16.8. The molecule has 0 fully saturated rings. The summed E-state index contributed by atoms with van der Waals surface area (Å²) in [6, 6.07) is 92.0. The van der Waals surface area contributed by atoms with Crippen molar-refractivity contribution >= 4 is 17.1 Å². The second-order valence-electron chi connectivity index (χ2n) is 18.0. The van der Waals surface area contributed by atoms with Gasteiger partial charge in [-0.3, -0.25) is 0 Å². The van der Waals surface area contributed by atoms with Gasteiger partial charge in [0.15, 0.2) is 0 Å². The van der Waals surface area contributed by atoms with E-state index in [4.69, 9.17) is 0 Å². The van der Waals surface area contributed by atoms with Gasteiger partial charge in [0.1, 0.15) is 0 Å². The third-order valence-electron chi connectivity index (χ3n) is 14.2.